The second-order valence-corrected chi connectivity index (χ2v) is 15.0. The number of carboxylic acid groups (broad SMARTS) is 1. The predicted octanol–water partition coefficient (Wildman–Crippen LogP) is 12.1. The van der Waals surface area contributed by atoms with Gasteiger partial charge in [-0.3, -0.25) is 19.2 Å². The fourth-order valence-electron chi connectivity index (χ4n) is 3.34. The minimum atomic E-state index is -1.02. The first-order valence-corrected chi connectivity index (χ1v) is 18.5. The van der Waals surface area contributed by atoms with Gasteiger partial charge in [-0.05, 0) is 79.7 Å². The van der Waals surface area contributed by atoms with Crippen LogP contribution in [0.25, 0.3) is 0 Å². The highest BCUT2D eigenvalue weighted by Gasteiger charge is 2.28. The molecule has 368 valence electrons. The van der Waals surface area contributed by atoms with Crippen LogP contribution in [-0.2, 0) is 49.5 Å². The van der Waals surface area contributed by atoms with Gasteiger partial charge in [-0.15, -0.1) is 0 Å². The van der Waals surface area contributed by atoms with Gasteiger partial charge in [0.05, 0.1) is 29.5 Å². The van der Waals surface area contributed by atoms with Crippen LogP contribution in [0.5, 0.6) is 0 Å². The van der Waals surface area contributed by atoms with Crippen molar-refractivity contribution in [2.75, 3.05) is 39.5 Å². The Morgan fingerprint density at radius 3 is 1.44 bits per heavy atom. The third-order valence-corrected chi connectivity index (χ3v) is 9.07. The Morgan fingerprint density at radius 1 is 0.705 bits per heavy atom. The highest BCUT2D eigenvalue weighted by atomic mass is 16.6. The van der Waals surface area contributed by atoms with E-state index in [4.69, 9.17) is 24.1 Å². The number of benzene rings is 1. The standard InChI is InChI=1S/C13H22O5.C13H18O2.C9H17NO2.C6H12O2.8CH4/c1-6-13(4,5)12(16)18-8-10(14)7-17-11(15)9(2)3;1-4-13(2,3)12(14)15-10-11-8-6-5-7-9-11;1-3-8(2)9(11)10-4-6-12-7-5-10;1-4-6(2,3)5(7)8;;;;;;;;/h10,14H,2,6-8H2,1,3-5H3;5-9H,4,10H2,1-3H3;8H,3-7H2,1-2H3;4H2,1-3H3,(H,7,8);8*1H4. The highest BCUT2D eigenvalue weighted by molar-refractivity contribution is 5.87. The Morgan fingerprint density at radius 2 is 1.10 bits per heavy atom. The third kappa shape index (κ3) is 35.5. The topological polar surface area (TPSA) is 166 Å². The van der Waals surface area contributed by atoms with E-state index in [0.29, 0.717) is 32.7 Å². The smallest absolute Gasteiger partial charge is 0.333 e. The van der Waals surface area contributed by atoms with Crippen LogP contribution in [0.4, 0.5) is 0 Å². The Bertz CT molecular complexity index is 1250. The lowest BCUT2D eigenvalue weighted by Crippen LogP contribution is -2.43. The minimum Gasteiger partial charge on any atom is -0.481 e. The number of morpholine rings is 1. The number of hydrogen-bond donors (Lipinski definition) is 2. The van der Waals surface area contributed by atoms with Crippen molar-refractivity contribution in [2.45, 2.75) is 181 Å². The monoisotopic (exact) mass is 880 g/mol. The molecule has 61 heavy (non-hydrogen) atoms. The van der Waals surface area contributed by atoms with Gasteiger partial charge in [0.25, 0.3) is 0 Å². The molecule has 0 bridgehead atoms. The molecule has 0 radical (unpaired) electrons. The van der Waals surface area contributed by atoms with E-state index >= 15 is 0 Å². The van der Waals surface area contributed by atoms with Crippen LogP contribution in [0.15, 0.2) is 42.5 Å². The van der Waals surface area contributed by atoms with Crippen molar-refractivity contribution in [1.29, 1.82) is 0 Å². The summed E-state index contributed by atoms with van der Waals surface area (Å²) in [5, 5.41) is 17.9. The first kappa shape index (κ1) is 81.1. The number of esters is 3. The van der Waals surface area contributed by atoms with Crippen molar-refractivity contribution in [1.82, 2.24) is 4.90 Å². The van der Waals surface area contributed by atoms with Gasteiger partial charge in [-0.2, -0.15) is 0 Å². The minimum absolute atomic E-state index is 0. The molecule has 0 aliphatic carbocycles. The fourth-order valence-corrected chi connectivity index (χ4v) is 3.34. The number of hydrogen-bond acceptors (Lipinski definition) is 10. The number of carboxylic acids is 1. The van der Waals surface area contributed by atoms with Crippen LogP contribution in [-0.4, -0.2) is 90.5 Å². The molecule has 12 heteroatoms. The van der Waals surface area contributed by atoms with E-state index in [2.05, 4.69) is 6.58 Å². The Kier molecular flexibility index (Phi) is 55.3. The van der Waals surface area contributed by atoms with Crippen molar-refractivity contribution in [3.63, 3.8) is 0 Å². The molecule has 1 saturated heterocycles. The summed E-state index contributed by atoms with van der Waals surface area (Å²) in [6.45, 7) is 28.4. The lowest BCUT2D eigenvalue weighted by atomic mass is 9.91. The predicted molar refractivity (Wildman–Crippen MR) is 260 cm³/mol. The molecule has 1 aliphatic heterocycles. The van der Waals surface area contributed by atoms with Crippen molar-refractivity contribution >= 4 is 29.8 Å². The molecule has 2 N–H and O–H groups in total. The third-order valence-electron chi connectivity index (χ3n) is 9.07. The van der Waals surface area contributed by atoms with Gasteiger partial charge in [0.2, 0.25) is 5.91 Å². The molecule has 0 saturated carbocycles. The van der Waals surface area contributed by atoms with Crippen molar-refractivity contribution in [3.8, 4) is 0 Å². The summed E-state index contributed by atoms with van der Waals surface area (Å²) in [7, 11) is 0. The average molecular weight is 880 g/mol. The van der Waals surface area contributed by atoms with Crippen LogP contribution in [0, 0.1) is 22.2 Å². The Labute approximate surface area is 377 Å². The summed E-state index contributed by atoms with van der Waals surface area (Å²) < 4.78 is 20.1. The average Bonchev–Trinajstić information content (AvgIpc) is 3.15. The summed E-state index contributed by atoms with van der Waals surface area (Å²) in [5.74, 6) is -1.36. The van der Waals surface area contributed by atoms with E-state index in [1.54, 1.807) is 27.7 Å². The van der Waals surface area contributed by atoms with Crippen LogP contribution in [0.1, 0.15) is 174 Å². The molecule has 2 rings (SSSR count). The van der Waals surface area contributed by atoms with Crippen molar-refractivity contribution in [3.05, 3.63) is 48.0 Å². The zero-order chi connectivity index (χ0) is 41.4. The van der Waals surface area contributed by atoms with E-state index in [9.17, 15) is 29.1 Å². The number of amides is 1. The quantitative estimate of drug-likeness (QED) is 0.0978. The largest absolute Gasteiger partial charge is 0.481 e. The van der Waals surface area contributed by atoms with Gasteiger partial charge in [-0.25, -0.2) is 4.79 Å². The number of carbonyl (C=O) groups excluding carboxylic acids is 4. The van der Waals surface area contributed by atoms with Crippen molar-refractivity contribution in [2.24, 2.45) is 22.2 Å². The van der Waals surface area contributed by atoms with Crippen molar-refractivity contribution < 1.29 is 53.1 Å². The van der Waals surface area contributed by atoms with Gasteiger partial charge in [0, 0.05) is 24.6 Å². The zero-order valence-corrected chi connectivity index (χ0v) is 34.5. The summed E-state index contributed by atoms with van der Waals surface area (Å²) in [6, 6.07) is 9.72. The molecule has 2 unspecified atom stereocenters. The molecule has 1 amide bonds. The van der Waals surface area contributed by atoms with E-state index in [1.165, 1.54) is 6.92 Å². The molecule has 1 heterocycles. The second-order valence-electron chi connectivity index (χ2n) is 15.0. The number of aliphatic carboxylic acids is 1. The van der Waals surface area contributed by atoms with Crippen LogP contribution >= 0.6 is 0 Å². The lowest BCUT2D eigenvalue weighted by Gasteiger charge is -2.28. The van der Waals surface area contributed by atoms with Crippen LogP contribution < -0.4 is 0 Å². The molecule has 1 aliphatic rings. The number of aliphatic hydroxyl groups is 1. The van der Waals surface area contributed by atoms with Crippen LogP contribution in [0.2, 0.25) is 0 Å². The Balaban J connectivity index is -0.0000000700. The highest BCUT2D eigenvalue weighted by Crippen LogP contribution is 2.23. The first-order valence-electron chi connectivity index (χ1n) is 18.5. The molecular formula is C49H101NO11. The number of ether oxygens (including phenoxy) is 4. The molecule has 0 spiro atoms. The maximum absolute atomic E-state index is 11.6. The van der Waals surface area contributed by atoms with E-state index in [-0.39, 0.29) is 107 Å². The van der Waals surface area contributed by atoms with E-state index in [1.807, 2.05) is 83.7 Å². The molecule has 1 fully saturated rings. The molecule has 1 aromatic rings. The summed E-state index contributed by atoms with van der Waals surface area (Å²) in [5.41, 5.74) is -0.216. The summed E-state index contributed by atoms with van der Waals surface area (Å²) >= 11 is 0. The maximum Gasteiger partial charge on any atom is 0.333 e. The lowest BCUT2D eigenvalue weighted by molar-refractivity contribution is -0.159. The molecular weight excluding hydrogens is 779 g/mol. The normalized spacial score (nSPS) is 12.0. The van der Waals surface area contributed by atoms with E-state index in [0.717, 1.165) is 31.5 Å². The number of nitrogens with zero attached hydrogens (tertiary/aromatic N) is 1. The SMILES string of the molecule is C.C.C.C.C.C.C.C.C=C(C)C(=O)OCC(O)COC(=O)C(C)(C)CC.CCC(C)(C)C(=O)O.CCC(C)(C)C(=O)OCc1ccccc1.CCC(C)C(=O)N1CCOCC1. The van der Waals surface area contributed by atoms with Gasteiger partial charge < -0.3 is 34.1 Å². The van der Waals surface area contributed by atoms with E-state index < -0.39 is 28.9 Å². The van der Waals surface area contributed by atoms with Gasteiger partial charge >= 0.3 is 23.9 Å². The molecule has 1 aromatic carbocycles. The number of aliphatic hydroxyl groups excluding tert-OH is 1. The maximum atomic E-state index is 11.6. The zero-order valence-electron chi connectivity index (χ0n) is 34.5. The van der Waals surface area contributed by atoms with Gasteiger partial charge in [-0.1, -0.05) is 131 Å². The first-order chi connectivity index (χ1) is 24.5. The molecule has 2 atom stereocenters. The van der Waals surface area contributed by atoms with Gasteiger partial charge in [0.15, 0.2) is 0 Å². The summed E-state index contributed by atoms with van der Waals surface area (Å²) in [6.07, 6.45) is 2.02. The number of carbonyl (C=O) groups is 5. The summed E-state index contributed by atoms with van der Waals surface area (Å²) in [4.78, 5) is 58.0. The second kappa shape index (κ2) is 41.6. The molecule has 0 aromatic heterocycles. The Hall–Kier alpha value is -3.77. The fraction of sp³-hybridized carbons (Fsp3) is 0.735. The number of rotatable bonds is 15. The van der Waals surface area contributed by atoms with Crippen LogP contribution in [0.3, 0.4) is 0 Å². The molecule has 12 nitrogen and oxygen atoms in total. The van der Waals surface area contributed by atoms with Gasteiger partial charge in [0.1, 0.15) is 25.9 Å².